The van der Waals surface area contributed by atoms with Crippen molar-refractivity contribution in [2.24, 2.45) is 5.92 Å². The molecule has 0 aliphatic heterocycles. The number of carboxylic acids is 1. The van der Waals surface area contributed by atoms with Crippen LogP contribution in [0.4, 0.5) is 5.13 Å². The number of aryl methyl sites for hydroxylation is 1. The fourth-order valence-corrected chi connectivity index (χ4v) is 2.42. The second kappa shape index (κ2) is 7.27. The Morgan fingerprint density at radius 1 is 1.59 bits per heavy atom. The zero-order valence-electron chi connectivity index (χ0n) is 10.4. The Hall–Kier alpha value is -1.10. The SMILES string of the molecule is CCC(CCNc1nc(C)cs1)CCC(=O)O. The number of carboxylic acid groups (broad SMARTS) is 1. The van der Waals surface area contributed by atoms with E-state index in [0.717, 1.165) is 36.6 Å². The first-order chi connectivity index (χ1) is 8.11. The van der Waals surface area contributed by atoms with E-state index in [2.05, 4.69) is 17.2 Å². The minimum atomic E-state index is -0.702. The number of aliphatic carboxylic acids is 1. The molecule has 2 N–H and O–H groups in total. The molecule has 0 spiro atoms. The highest BCUT2D eigenvalue weighted by Gasteiger charge is 2.09. The molecule has 17 heavy (non-hydrogen) atoms. The second-order valence-corrected chi connectivity index (χ2v) is 5.07. The van der Waals surface area contributed by atoms with Crippen molar-refractivity contribution in [2.45, 2.75) is 39.5 Å². The first-order valence-electron chi connectivity index (χ1n) is 5.99. The van der Waals surface area contributed by atoms with Gasteiger partial charge >= 0.3 is 5.97 Å². The summed E-state index contributed by atoms with van der Waals surface area (Å²) in [5.41, 5.74) is 1.04. The number of anilines is 1. The number of nitrogens with one attached hydrogen (secondary N) is 1. The highest BCUT2D eigenvalue weighted by molar-refractivity contribution is 7.13. The van der Waals surface area contributed by atoms with Crippen LogP contribution in [0.25, 0.3) is 0 Å². The monoisotopic (exact) mass is 256 g/mol. The maximum atomic E-state index is 10.5. The van der Waals surface area contributed by atoms with E-state index >= 15 is 0 Å². The van der Waals surface area contributed by atoms with Crippen LogP contribution in [0.1, 0.15) is 38.3 Å². The largest absolute Gasteiger partial charge is 0.481 e. The lowest BCUT2D eigenvalue weighted by Crippen LogP contribution is -2.10. The number of nitrogens with zero attached hydrogens (tertiary/aromatic N) is 1. The maximum Gasteiger partial charge on any atom is 0.303 e. The van der Waals surface area contributed by atoms with Crippen molar-refractivity contribution in [3.63, 3.8) is 0 Å². The summed E-state index contributed by atoms with van der Waals surface area (Å²) in [5, 5.41) is 14.9. The average molecular weight is 256 g/mol. The normalized spacial score (nSPS) is 12.4. The highest BCUT2D eigenvalue weighted by atomic mass is 32.1. The van der Waals surface area contributed by atoms with E-state index in [4.69, 9.17) is 5.11 Å². The third-order valence-electron chi connectivity index (χ3n) is 2.79. The molecule has 5 heteroatoms. The predicted octanol–water partition coefficient (Wildman–Crippen LogP) is 3.14. The van der Waals surface area contributed by atoms with E-state index in [9.17, 15) is 4.79 Å². The summed E-state index contributed by atoms with van der Waals surface area (Å²) in [6, 6.07) is 0. The predicted molar refractivity (Wildman–Crippen MR) is 70.6 cm³/mol. The topological polar surface area (TPSA) is 62.2 Å². The van der Waals surface area contributed by atoms with Crippen molar-refractivity contribution in [1.82, 2.24) is 4.98 Å². The van der Waals surface area contributed by atoms with Crippen molar-refractivity contribution in [3.8, 4) is 0 Å². The van der Waals surface area contributed by atoms with Gasteiger partial charge in [0.15, 0.2) is 5.13 Å². The van der Waals surface area contributed by atoms with Crippen LogP contribution in [0.2, 0.25) is 0 Å². The van der Waals surface area contributed by atoms with Gasteiger partial charge in [-0.05, 0) is 25.7 Å². The van der Waals surface area contributed by atoms with E-state index in [-0.39, 0.29) is 6.42 Å². The first kappa shape index (κ1) is 14.0. The number of aromatic nitrogens is 1. The summed E-state index contributed by atoms with van der Waals surface area (Å²) in [7, 11) is 0. The fraction of sp³-hybridized carbons (Fsp3) is 0.667. The van der Waals surface area contributed by atoms with Gasteiger partial charge in [0.25, 0.3) is 0 Å². The van der Waals surface area contributed by atoms with Crippen LogP contribution < -0.4 is 5.32 Å². The molecule has 0 saturated heterocycles. The van der Waals surface area contributed by atoms with Crippen LogP contribution in [-0.4, -0.2) is 22.6 Å². The van der Waals surface area contributed by atoms with Crippen LogP contribution in [0.5, 0.6) is 0 Å². The Morgan fingerprint density at radius 3 is 2.88 bits per heavy atom. The van der Waals surface area contributed by atoms with Crippen LogP contribution in [0, 0.1) is 12.8 Å². The van der Waals surface area contributed by atoms with Crippen molar-refractivity contribution < 1.29 is 9.90 Å². The lowest BCUT2D eigenvalue weighted by atomic mass is 9.97. The molecule has 0 radical (unpaired) electrons. The number of hydrogen-bond acceptors (Lipinski definition) is 4. The number of rotatable bonds is 8. The average Bonchev–Trinajstić information content (AvgIpc) is 2.69. The molecule has 1 heterocycles. The molecule has 96 valence electrons. The quantitative estimate of drug-likeness (QED) is 0.750. The molecule has 1 rings (SSSR count). The van der Waals surface area contributed by atoms with Gasteiger partial charge in [-0.1, -0.05) is 13.3 Å². The molecule has 0 amide bonds. The molecule has 0 aliphatic carbocycles. The smallest absolute Gasteiger partial charge is 0.303 e. The molecular formula is C12H20N2O2S. The Labute approximate surface area is 106 Å². The van der Waals surface area contributed by atoms with Gasteiger partial charge in [0.2, 0.25) is 0 Å². The lowest BCUT2D eigenvalue weighted by Gasteiger charge is -2.13. The van der Waals surface area contributed by atoms with Crippen molar-refractivity contribution >= 4 is 22.4 Å². The third kappa shape index (κ3) is 5.68. The molecule has 0 fully saturated rings. The molecule has 4 nitrogen and oxygen atoms in total. The van der Waals surface area contributed by atoms with Crippen LogP contribution in [0.15, 0.2) is 5.38 Å². The molecule has 1 aromatic heterocycles. The number of thiazole rings is 1. The van der Waals surface area contributed by atoms with E-state index < -0.39 is 5.97 Å². The Morgan fingerprint density at radius 2 is 2.35 bits per heavy atom. The summed E-state index contributed by atoms with van der Waals surface area (Å²) in [5.74, 6) is -0.216. The van der Waals surface area contributed by atoms with Crippen molar-refractivity contribution in [1.29, 1.82) is 0 Å². The Bertz CT molecular complexity index is 352. The van der Waals surface area contributed by atoms with Crippen molar-refractivity contribution in [3.05, 3.63) is 11.1 Å². The van der Waals surface area contributed by atoms with Crippen LogP contribution in [-0.2, 0) is 4.79 Å². The Balaban J connectivity index is 2.21. The van der Waals surface area contributed by atoms with E-state index in [1.807, 2.05) is 12.3 Å². The molecule has 1 unspecified atom stereocenters. The molecule has 1 atom stereocenters. The summed E-state index contributed by atoms with van der Waals surface area (Å²) in [6.45, 7) is 4.95. The van der Waals surface area contributed by atoms with Gasteiger partial charge in [-0.15, -0.1) is 11.3 Å². The summed E-state index contributed by atoms with van der Waals surface area (Å²) < 4.78 is 0. The Kier molecular flexibility index (Phi) is 5.97. The number of hydrogen-bond donors (Lipinski definition) is 2. The fourth-order valence-electron chi connectivity index (χ4n) is 1.70. The van der Waals surface area contributed by atoms with Gasteiger partial charge in [-0.3, -0.25) is 4.79 Å². The third-order valence-corrected chi connectivity index (χ3v) is 3.71. The van der Waals surface area contributed by atoms with Gasteiger partial charge in [0.1, 0.15) is 0 Å². The van der Waals surface area contributed by atoms with Gasteiger partial charge in [0, 0.05) is 18.3 Å². The summed E-state index contributed by atoms with van der Waals surface area (Å²) >= 11 is 1.61. The molecule has 0 saturated carbocycles. The molecule has 0 aliphatic rings. The highest BCUT2D eigenvalue weighted by Crippen LogP contribution is 2.18. The first-order valence-corrected chi connectivity index (χ1v) is 6.87. The van der Waals surface area contributed by atoms with E-state index in [0.29, 0.717) is 5.92 Å². The molecule has 0 aromatic carbocycles. The van der Waals surface area contributed by atoms with Gasteiger partial charge < -0.3 is 10.4 Å². The summed E-state index contributed by atoms with van der Waals surface area (Å²) in [6.07, 6.45) is 3.08. The molecule has 1 aromatic rings. The minimum absolute atomic E-state index is 0.273. The zero-order valence-corrected chi connectivity index (χ0v) is 11.2. The zero-order chi connectivity index (χ0) is 12.7. The summed E-state index contributed by atoms with van der Waals surface area (Å²) in [4.78, 5) is 14.8. The standard InChI is InChI=1S/C12H20N2O2S/c1-3-10(4-5-11(15)16)6-7-13-12-14-9(2)8-17-12/h8,10H,3-7H2,1-2H3,(H,13,14)(H,15,16). The van der Waals surface area contributed by atoms with E-state index in [1.165, 1.54) is 0 Å². The van der Waals surface area contributed by atoms with E-state index in [1.54, 1.807) is 11.3 Å². The van der Waals surface area contributed by atoms with Crippen LogP contribution in [0.3, 0.4) is 0 Å². The molecular weight excluding hydrogens is 236 g/mol. The molecule has 0 bridgehead atoms. The van der Waals surface area contributed by atoms with Crippen LogP contribution >= 0.6 is 11.3 Å². The van der Waals surface area contributed by atoms with Gasteiger partial charge in [-0.25, -0.2) is 4.98 Å². The number of carbonyl (C=O) groups is 1. The second-order valence-electron chi connectivity index (χ2n) is 4.22. The van der Waals surface area contributed by atoms with Gasteiger partial charge in [0.05, 0.1) is 5.69 Å². The lowest BCUT2D eigenvalue weighted by molar-refractivity contribution is -0.137. The maximum absolute atomic E-state index is 10.5. The minimum Gasteiger partial charge on any atom is -0.481 e. The van der Waals surface area contributed by atoms with Crippen molar-refractivity contribution in [2.75, 3.05) is 11.9 Å². The van der Waals surface area contributed by atoms with Gasteiger partial charge in [-0.2, -0.15) is 0 Å².